The highest BCUT2D eigenvalue weighted by atomic mass is 79.9. The molecule has 0 N–H and O–H groups in total. The standard InChI is InChI=1S/C19H19Br/c20-17(12-13-6-2-1-3-7-13)19-16-11-10-14-8-4-5-9-15(14)18(16)19/h1-9,16-19H,10-12H2. The summed E-state index contributed by atoms with van der Waals surface area (Å²) in [6.45, 7) is 0. The zero-order valence-corrected chi connectivity index (χ0v) is 13.1. The first-order valence-electron chi connectivity index (χ1n) is 7.60. The van der Waals surface area contributed by atoms with Gasteiger partial charge in [0.1, 0.15) is 0 Å². The minimum atomic E-state index is 0.617. The van der Waals surface area contributed by atoms with E-state index in [2.05, 4.69) is 70.5 Å². The summed E-state index contributed by atoms with van der Waals surface area (Å²) >= 11 is 3.98. The van der Waals surface area contributed by atoms with Crippen LogP contribution in [-0.2, 0) is 12.8 Å². The van der Waals surface area contributed by atoms with Crippen LogP contribution in [0.3, 0.4) is 0 Å². The zero-order valence-electron chi connectivity index (χ0n) is 11.5. The molecule has 0 aromatic heterocycles. The Labute approximate surface area is 129 Å². The van der Waals surface area contributed by atoms with Crippen LogP contribution in [0.1, 0.15) is 29.0 Å². The van der Waals surface area contributed by atoms with Crippen molar-refractivity contribution in [1.82, 2.24) is 0 Å². The Kier molecular flexibility index (Phi) is 3.18. The molecule has 1 fully saturated rings. The lowest BCUT2D eigenvalue weighted by molar-refractivity contribution is 0.617. The molecule has 0 nitrogen and oxygen atoms in total. The van der Waals surface area contributed by atoms with E-state index in [4.69, 9.17) is 0 Å². The number of halogens is 1. The predicted octanol–water partition coefficient (Wildman–Crippen LogP) is 4.97. The molecular formula is C19H19Br. The van der Waals surface area contributed by atoms with Crippen LogP contribution >= 0.6 is 15.9 Å². The Morgan fingerprint density at radius 1 is 1.00 bits per heavy atom. The first-order chi connectivity index (χ1) is 9.84. The maximum atomic E-state index is 3.98. The summed E-state index contributed by atoms with van der Waals surface area (Å²) in [5.74, 6) is 2.56. The van der Waals surface area contributed by atoms with Gasteiger partial charge in [-0.15, -0.1) is 0 Å². The molecular weight excluding hydrogens is 308 g/mol. The van der Waals surface area contributed by atoms with Gasteiger partial charge in [0.2, 0.25) is 0 Å². The van der Waals surface area contributed by atoms with Crippen molar-refractivity contribution >= 4 is 15.9 Å². The van der Waals surface area contributed by atoms with Crippen molar-refractivity contribution in [3.8, 4) is 0 Å². The summed E-state index contributed by atoms with van der Waals surface area (Å²) < 4.78 is 0. The zero-order chi connectivity index (χ0) is 13.5. The second-order valence-electron chi connectivity index (χ2n) is 6.21. The number of aryl methyl sites for hydroxylation is 1. The minimum absolute atomic E-state index is 0.617. The Morgan fingerprint density at radius 3 is 2.60 bits per heavy atom. The Balaban J connectivity index is 1.52. The highest BCUT2D eigenvalue weighted by Gasteiger charge is 2.55. The van der Waals surface area contributed by atoms with Crippen molar-refractivity contribution in [2.75, 3.05) is 0 Å². The highest BCUT2D eigenvalue weighted by molar-refractivity contribution is 9.09. The lowest BCUT2D eigenvalue weighted by Crippen LogP contribution is -2.07. The number of hydrogen-bond acceptors (Lipinski definition) is 0. The molecule has 4 unspecified atom stereocenters. The Bertz CT molecular complexity index is 604. The van der Waals surface area contributed by atoms with E-state index in [-0.39, 0.29) is 0 Å². The maximum absolute atomic E-state index is 3.98. The molecule has 0 saturated heterocycles. The van der Waals surface area contributed by atoms with E-state index < -0.39 is 0 Å². The molecule has 4 atom stereocenters. The summed E-state index contributed by atoms with van der Waals surface area (Å²) in [5.41, 5.74) is 4.67. The van der Waals surface area contributed by atoms with Crippen LogP contribution in [0.4, 0.5) is 0 Å². The van der Waals surface area contributed by atoms with Crippen molar-refractivity contribution in [2.24, 2.45) is 11.8 Å². The monoisotopic (exact) mass is 326 g/mol. The Morgan fingerprint density at radius 2 is 1.75 bits per heavy atom. The number of alkyl halides is 1. The lowest BCUT2D eigenvalue weighted by Gasteiger charge is -2.13. The summed E-state index contributed by atoms with van der Waals surface area (Å²) in [6.07, 6.45) is 3.81. The van der Waals surface area contributed by atoms with Gasteiger partial charge in [-0.3, -0.25) is 0 Å². The number of fused-ring (bicyclic) bond motifs is 3. The van der Waals surface area contributed by atoms with Crippen LogP contribution in [0.15, 0.2) is 54.6 Å². The molecule has 2 aliphatic carbocycles. The van der Waals surface area contributed by atoms with Crippen LogP contribution in [-0.4, -0.2) is 4.83 Å². The molecule has 2 aromatic rings. The topological polar surface area (TPSA) is 0 Å². The third-order valence-electron chi connectivity index (χ3n) is 5.08. The van der Waals surface area contributed by atoms with Gasteiger partial charge >= 0.3 is 0 Å². The quantitative estimate of drug-likeness (QED) is 0.698. The SMILES string of the molecule is BrC(Cc1ccccc1)C1C2CCc3ccccc3C21. The van der Waals surface area contributed by atoms with Gasteiger partial charge in [-0.25, -0.2) is 0 Å². The number of benzene rings is 2. The molecule has 0 aliphatic heterocycles. The van der Waals surface area contributed by atoms with Crippen LogP contribution in [0.25, 0.3) is 0 Å². The van der Waals surface area contributed by atoms with E-state index in [1.807, 2.05) is 0 Å². The van der Waals surface area contributed by atoms with E-state index >= 15 is 0 Å². The highest BCUT2D eigenvalue weighted by Crippen LogP contribution is 2.62. The normalized spacial score (nSPS) is 28.4. The first-order valence-corrected chi connectivity index (χ1v) is 8.52. The van der Waals surface area contributed by atoms with Gasteiger partial charge in [0.05, 0.1) is 0 Å². The third-order valence-corrected chi connectivity index (χ3v) is 6.02. The van der Waals surface area contributed by atoms with E-state index in [1.54, 1.807) is 11.1 Å². The fraction of sp³-hybridized carbons (Fsp3) is 0.368. The fourth-order valence-corrected chi connectivity index (χ4v) is 5.18. The summed E-state index contributed by atoms with van der Waals surface area (Å²) in [4.78, 5) is 0.617. The largest absolute Gasteiger partial charge is 0.0884 e. The van der Waals surface area contributed by atoms with Crippen molar-refractivity contribution in [3.05, 3.63) is 71.3 Å². The molecule has 0 heterocycles. The molecule has 1 heteroatoms. The summed E-state index contributed by atoms with van der Waals surface area (Å²) in [6, 6.07) is 19.9. The second-order valence-corrected chi connectivity index (χ2v) is 7.39. The van der Waals surface area contributed by atoms with Crippen molar-refractivity contribution in [3.63, 3.8) is 0 Å². The average molecular weight is 327 g/mol. The molecule has 1 saturated carbocycles. The van der Waals surface area contributed by atoms with E-state index in [9.17, 15) is 0 Å². The van der Waals surface area contributed by atoms with Gasteiger partial charge in [0, 0.05) is 4.83 Å². The predicted molar refractivity (Wildman–Crippen MR) is 87.3 cm³/mol. The first kappa shape index (κ1) is 12.6. The van der Waals surface area contributed by atoms with Gasteiger partial charge in [-0.1, -0.05) is 70.5 Å². The number of rotatable bonds is 3. The third kappa shape index (κ3) is 2.13. The molecule has 2 aliphatic rings. The minimum Gasteiger partial charge on any atom is -0.0884 e. The van der Waals surface area contributed by atoms with E-state index in [1.165, 1.54) is 18.4 Å². The molecule has 0 spiro atoms. The van der Waals surface area contributed by atoms with Gasteiger partial charge in [-0.05, 0) is 53.7 Å². The van der Waals surface area contributed by atoms with Crippen LogP contribution in [0.5, 0.6) is 0 Å². The molecule has 4 rings (SSSR count). The maximum Gasteiger partial charge on any atom is 0.0223 e. The lowest BCUT2D eigenvalue weighted by atomic mass is 9.92. The van der Waals surface area contributed by atoms with Gasteiger partial charge in [0.15, 0.2) is 0 Å². The summed E-state index contributed by atoms with van der Waals surface area (Å²) in [5, 5.41) is 0. The second kappa shape index (κ2) is 5.04. The van der Waals surface area contributed by atoms with Crippen molar-refractivity contribution < 1.29 is 0 Å². The van der Waals surface area contributed by atoms with Crippen molar-refractivity contribution in [1.29, 1.82) is 0 Å². The average Bonchev–Trinajstić information content (AvgIpc) is 3.23. The molecule has 0 radical (unpaired) electrons. The molecule has 20 heavy (non-hydrogen) atoms. The molecule has 102 valence electrons. The van der Waals surface area contributed by atoms with Gasteiger partial charge in [-0.2, -0.15) is 0 Å². The fourth-order valence-electron chi connectivity index (χ4n) is 4.09. The van der Waals surface area contributed by atoms with Crippen LogP contribution in [0.2, 0.25) is 0 Å². The van der Waals surface area contributed by atoms with Gasteiger partial charge < -0.3 is 0 Å². The molecule has 0 amide bonds. The van der Waals surface area contributed by atoms with E-state index in [0.29, 0.717) is 4.83 Å². The summed E-state index contributed by atoms with van der Waals surface area (Å²) in [7, 11) is 0. The number of hydrogen-bond donors (Lipinski definition) is 0. The smallest absolute Gasteiger partial charge is 0.0223 e. The van der Waals surface area contributed by atoms with Crippen LogP contribution in [0, 0.1) is 11.8 Å². The molecule has 2 aromatic carbocycles. The van der Waals surface area contributed by atoms with Crippen molar-refractivity contribution in [2.45, 2.75) is 30.0 Å². The Hall–Kier alpha value is -1.08. The van der Waals surface area contributed by atoms with Crippen LogP contribution < -0.4 is 0 Å². The van der Waals surface area contributed by atoms with Gasteiger partial charge in [0.25, 0.3) is 0 Å². The molecule has 0 bridgehead atoms. The van der Waals surface area contributed by atoms with E-state index in [0.717, 1.165) is 24.2 Å².